The van der Waals surface area contributed by atoms with Crippen molar-refractivity contribution in [1.82, 2.24) is 4.90 Å². The van der Waals surface area contributed by atoms with E-state index < -0.39 is 12.0 Å². The molecule has 1 N–H and O–H groups in total. The van der Waals surface area contributed by atoms with E-state index in [-0.39, 0.29) is 0 Å². The largest absolute Gasteiger partial charge is 0.492 e. The van der Waals surface area contributed by atoms with Crippen LogP contribution in [0.4, 0.5) is 0 Å². The second kappa shape index (κ2) is 8.93. The molecule has 0 aliphatic heterocycles. The van der Waals surface area contributed by atoms with Crippen molar-refractivity contribution in [2.24, 2.45) is 0 Å². The minimum Gasteiger partial charge on any atom is -0.492 e. The quantitative estimate of drug-likeness (QED) is 0.766. The van der Waals surface area contributed by atoms with Gasteiger partial charge in [0.05, 0.1) is 0 Å². The molecule has 0 aromatic heterocycles. The van der Waals surface area contributed by atoms with E-state index in [9.17, 15) is 4.79 Å². The predicted octanol–water partition coefficient (Wildman–Crippen LogP) is 3.05. The van der Waals surface area contributed by atoms with Gasteiger partial charge in [0.2, 0.25) is 0 Å². The van der Waals surface area contributed by atoms with Crippen molar-refractivity contribution in [2.75, 3.05) is 20.2 Å². The van der Waals surface area contributed by atoms with Gasteiger partial charge in [0, 0.05) is 6.54 Å². The Labute approximate surface area is 142 Å². The van der Waals surface area contributed by atoms with Gasteiger partial charge in [-0.1, -0.05) is 30.3 Å². The third-order valence-corrected chi connectivity index (χ3v) is 3.80. The van der Waals surface area contributed by atoms with Crippen LogP contribution < -0.4 is 9.47 Å². The minimum atomic E-state index is -0.836. The third kappa shape index (κ3) is 5.59. The molecule has 24 heavy (non-hydrogen) atoms. The fraction of sp³-hybridized carbons (Fsp3) is 0.316. The standard InChI is InChI=1S/C19H23NO4/c1-15(19(21)22)20(2)12-13-23-17-8-10-18(11-9-17)24-14-16-6-4-3-5-7-16/h3-11,15H,12-14H2,1-2H3,(H,21,22). The molecule has 2 rings (SSSR count). The Morgan fingerprint density at radius 1 is 1.04 bits per heavy atom. The molecule has 2 aromatic carbocycles. The lowest BCUT2D eigenvalue weighted by atomic mass is 10.2. The van der Waals surface area contributed by atoms with Crippen molar-refractivity contribution in [3.63, 3.8) is 0 Å². The highest BCUT2D eigenvalue weighted by molar-refractivity contribution is 5.72. The summed E-state index contributed by atoms with van der Waals surface area (Å²) in [6.07, 6.45) is 0. The number of carboxylic acid groups (broad SMARTS) is 1. The lowest BCUT2D eigenvalue weighted by Gasteiger charge is -2.20. The van der Waals surface area contributed by atoms with Gasteiger partial charge >= 0.3 is 5.97 Å². The van der Waals surface area contributed by atoms with Crippen molar-refractivity contribution in [3.05, 3.63) is 60.2 Å². The van der Waals surface area contributed by atoms with Gasteiger partial charge in [-0.25, -0.2) is 0 Å². The molecule has 5 heteroatoms. The zero-order chi connectivity index (χ0) is 17.4. The summed E-state index contributed by atoms with van der Waals surface area (Å²) in [6, 6.07) is 16.9. The number of carboxylic acids is 1. The average molecular weight is 329 g/mol. The highest BCUT2D eigenvalue weighted by Crippen LogP contribution is 2.18. The van der Waals surface area contributed by atoms with Crippen molar-refractivity contribution in [2.45, 2.75) is 19.6 Å². The summed E-state index contributed by atoms with van der Waals surface area (Å²) in [6.45, 7) is 3.15. The molecule has 0 spiro atoms. The Balaban J connectivity index is 1.75. The lowest BCUT2D eigenvalue weighted by Crippen LogP contribution is -2.38. The first-order valence-corrected chi connectivity index (χ1v) is 7.89. The normalized spacial score (nSPS) is 12.0. The number of nitrogens with zero attached hydrogens (tertiary/aromatic N) is 1. The van der Waals surface area contributed by atoms with E-state index in [4.69, 9.17) is 14.6 Å². The summed E-state index contributed by atoms with van der Waals surface area (Å²) in [5.41, 5.74) is 1.12. The first-order valence-electron chi connectivity index (χ1n) is 7.89. The maximum atomic E-state index is 10.9. The third-order valence-electron chi connectivity index (χ3n) is 3.80. The molecule has 0 fully saturated rings. The Morgan fingerprint density at radius 3 is 2.21 bits per heavy atom. The molecule has 0 amide bonds. The van der Waals surface area contributed by atoms with E-state index in [1.165, 1.54) is 0 Å². The van der Waals surface area contributed by atoms with Crippen LogP contribution in [0.1, 0.15) is 12.5 Å². The number of likely N-dealkylation sites (N-methyl/N-ethyl adjacent to an activating group) is 1. The molecule has 1 unspecified atom stereocenters. The fourth-order valence-electron chi connectivity index (χ4n) is 2.06. The lowest BCUT2D eigenvalue weighted by molar-refractivity contribution is -0.142. The van der Waals surface area contributed by atoms with Crippen LogP contribution in [-0.4, -0.2) is 42.2 Å². The van der Waals surface area contributed by atoms with Gasteiger partial charge < -0.3 is 14.6 Å². The van der Waals surface area contributed by atoms with Gasteiger partial charge in [0.15, 0.2) is 0 Å². The summed E-state index contributed by atoms with van der Waals surface area (Å²) in [4.78, 5) is 12.6. The zero-order valence-electron chi connectivity index (χ0n) is 14.0. The predicted molar refractivity (Wildman–Crippen MR) is 92.4 cm³/mol. The van der Waals surface area contributed by atoms with Gasteiger partial charge in [-0.15, -0.1) is 0 Å². The van der Waals surface area contributed by atoms with Gasteiger partial charge in [-0.2, -0.15) is 0 Å². The van der Waals surface area contributed by atoms with E-state index >= 15 is 0 Å². The summed E-state index contributed by atoms with van der Waals surface area (Å²) >= 11 is 0. The van der Waals surface area contributed by atoms with Crippen molar-refractivity contribution in [3.8, 4) is 11.5 Å². The number of carbonyl (C=O) groups is 1. The van der Waals surface area contributed by atoms with Crippen LogP contribution in [0.5, 0.6) is 11.5 Å². The molecule has 0 aliphatic rings. The van der Waals surface area contributed by atoms with Gasteiger partial charge in [0.25, 0.3) is 0 Å². The van der Waals surface area contributed by atoms with Crippen LogP contribution in [0.3, 0.4) is 0 Å². The first-order chi connectivity index (χ1) is 11.6. The minimum absolute atomic E-state index is 0.429. The van der Waals surface area contributed by atoms with Crippen LogP contribution in [0, 0.1) is 0 Å². The first kappa shape index (κ1) is 17.8. The number of hydrogen-bond acceptors (Lipinski definition) is 4. The van der Waals surface area contributed by atoms with Gasteiger partial charge in [-0.3, -0.25) is 9.69 Å². The van der Waals surface area contributed by atoms with Gasteiger partial charge in [0.1, 0.15) is 30.8 Å². The molecule has 1 atom stereocenters. The van der Waals surface area contributed by atoms with Crippen molar-refractivity contribution >= 4 is 5.97 Å². The Bertz CT molecular complexity index is 628. The van der Waals surface area contributed by atoms with E-state index in [0.29, 0.717) is 19.8 Å². The maximum Gasteiger partial charge on any atom is 0.320 e. The zero-order valence-corrected chi connectivity index (χ0v) is 14.0. The van der Waals surface area contributed by atoms with Crippen LogP contribution >= 0.6 is 0 Å². The summed E-state index contributed by atoms with van der Waals surface area (Å²) in [5.74, 6) is 0.679. The molecule has 5 nitrogen and oxygen atoms in total. The highest BCUT2D eigenvalue weighted by Gasteiger charge is 2.16. The number of benzene rings is 2. The van der Waals surface area contributed by atoms with Crippen LogP contribution in [-0.2, 0) is 11.4 Å². The average Bonchev–Trinajstić information content (AvgIpc) is 2.61. The highest BCUT2D eigenvalue weighted by atomic mass is 16.5. The molecule has 0 bridgehead atoms. The molecule has 0 aliphatic carbocycles. The topological polar surface area (TPSA) is 59.0 Å². The van der Waals surface area contributed by atoms with Crippen LogP contribution in [0.2, 0.25) is 0 Å². The van der Waals surface area contributed by atoms with E-state index in [1.54, 1.807) is 18.9 Å². The monoisotopic (exact) mass is 329 g/mol. The second-order valence-electron chi connectivity index (χ2n) is 5.59. The Kier molecular flexibility index (Phi) is 6.63. The molecular weight excluding hydrogens is 306 g/mol. The van der Waals surface area contributed by atoms with Crippen LogP contribution in [0.15, 0.2) is 54.6 Å². The smallest absolute Gasteiger partial charge is 0.320 e. The molecule has 0 saturated carbocycles. The molecular formula is C19H23NO4. The van der Waals surface area contributed by atoms with Crippen molar-refractivity contribution in [1.29, 1.82) is 0 Å². The second-order valence-corrected chi connectivity index (χ2v) is 5.59. The van der Waals surface area contributed by atoms with Gasteiger partial charge in [-0.05, 0) is 43.8 Å². The maximum absolute atomic E-state index is 10.9. The summed E-state index contributed by atoms with van der Waals surface area (Å²) < 4.78 is 11.4. The SMILES string of the molecule is CC(C(=O)O)N(C)CCOc1ccc(OCc2ccccc2)cc1. The van der Waals surface area contributed by atoms with E-state index in [2.05, 4.69) is 0 Å². The number of hydrogen-bond donors (Lipinski definition) is 1. The van der Waals surface area contributed by atoms with Crippen molar-refractivity contribution < 1.29 is 19.4 Å². The fourth-order valence-corrected chi connectivity index (χ4v) is 2.06. The Hall–Kier alpha value is -2.53. The Morgan fingerprint density at radius 2 is 1.62 bits per heavy atom. The number of ether oxygens (including phenoxy) is 2. The molecule has 0 saturated heterocycles. The molecule has 128 valence electrons. The summed E-state index contributed by atoms with van der Waals surface area (Å²) in [7, 11) is 1.77. The number of aliphatic carboxylic acids is 1. The van der Waals surface area contributed by atoms with E-state index in [0.717, 1.165) is 17.1 Å². The van der Waals surface area contributed by atoms with Crippen LogP contribution in [0.25, 0.3) is 0 Å². The number of rotatable bonds is 9. The van der Waals surface area contributed by atoms with E-state index in [1.807, 2.05) is 54.6 Å². The molecule has 2 aromatic rings. The summed E-state index contributed by atoms with van der Waals surface area (Å²) in [5, 5.41) is 8.94. The molecule has 0 radical (unpaired) electrons. The molecule has 0 heterocycles.